The highest BCUT2D eigenvalue weighted by atomic mass is 32.2. The average Bonchev–Trinajstić information content (AvgIpc) is 2.27. The number of rotatable bonds is 6. The first kappa shape index (κ1) is 15.5. The van der Waals surface area contributed by atoms with Crippen LogP contribution in [0.2, 0.25) is 0 Å². The van der Waals surface area contributed by atoms with E-state index in [2.05, 4.69) is 16.9 Å². The van der Waals surface area contributed by atoms with Crippen molar-refractivity contribution in [2.24, 2.45) is 11.5 Å². The van der Waals surface area contributed by atoms with Crippen molar-refractivity contribution in [1.82, 2.24) is 4.72 Å². The fraction of sp³-hybridized carbons (Fsp3) is 0.200. The lowest BCUT2D eigenvalue weighted by atomic mass is 10.2. The SMILES string of the molecule is NC(=O)CCNS(=O)(=O)c1cccc(F)c1C(N)=S. The molecule has 0 saturated carbocycles. The highest BCUT2D eigenvalue weighted by Crippen LogP contribution is 2.18. The van der Waals surface area contributed by atoms with Gasteiger partial charge in [0.2, 0.25) is 15.9 Å². The number of hydrogen-bond donors (Lipinski definition) is 3. The second kappa shape index (κ2) is 6.04. The van der Waals surface area contributed by atoms with E-state index in [4.69, 9.17) is 11.5 Å². The number of amides is 1. The summed E-state index contributed by atoms with van der Waals surface area (Å²) in [6, 6.07) is 3.45. The molecule has 1 rings (SSSR count). The first-order valence-corrected chi connectivity index (χ1v) is 7.01. The Morgan fingerprint density at radius 1 is 1.37 bits per heavy atom. The maximum absolute atomic E-state index is 13.5. The first-order valence-electron chi connectivity index (χ1n) is 5.12. The molecule has 0 aliphatic rings. The number of carbonyl (C=O) groups is 1. The van der Waals surface area contributed by atoms with Crippen molar-refractivity contribution in [2.45, 2.75) is 11.3 Å². The molecule has 0 aromatic heterocycles. The summed E-state index contributed by atoms with van der Waals surface area (Å²) in [5.74, 6) is -1.48. The summed E-state index contributed by atoms with van der Waals surface area (Å²) in [5.41, 5.74) is 9.84. The maximum atomic E-state index is 13.5. The molecule has 0 fully saturated rings. The quantitative estimate of drug-likeness (QED) is 0.619. The highest BCUT2D eigenvalue weighted by Gasteiger charge is 2.22. The van der Waals surface area contributed by atoms with Gasteiger partial charge in [-0.15, -0.1) is 0 Å². The second-order valence-corrected chi connectivity index (χ2v) is 5.77. The molecule has 5 N–H and O–H groups in total. The Morgan fingerprint density at radius 2 is 2.00 bits per heavy atom. The summed E-state index contributed by atoms with van der Waals surface area (Å²) in [5, 5.41) is 0. The van der Waals surface area contributed by atoms with Crippen LogP contribution in [0.15, 0.2) is 23.1 Å². The van der Waals surface area contributed by atoms with Gasteiger partial charge in [-0.2, -0.15) is 0 Å². The van der Waals surface area contributed by atoms with Crippen molar-refractivity contribution in [3.8, 4) is 0 Å². The van der Waals surface area contributed by atoms with Crippen molar-refractivity contribution >= 4 is 33.1 Å². The molecule has 9 heteroatoms. The van der Waals surface area contributed by atoms with Crippen molar-refractivity contribution < 1.29 is 17.6 Å². The molecule has 0 unspecified atom stereocenters. The van der Waals surface area contributed by atoms with E-state index in [-0.39, 0.29) is 28.4 Å². The summed E-state index contributed by atoms with van der Waals surface area (Å²) in [7, 11) is -4.02. The van der Waals surface area contributed by atoms with Gasteiger partial charge >= 0.3 is 0 Å². The normalized spacial score (nSPS) is 11.2. The van der Waals surface area contributed by atoms with Gasteiger partial charge in [-0.25, -0.2) is 17.5 Å². The lowest BCUT2D eigenvalue weighted by Gasteiger charge is -2.10. The van der Waals surface area contributed by atoms with Gasteiger partial charge in [-0.05, 0) is 12.1 Å². The molecule has 19 heavy (non-hydrogen) atoms. The minimum absolute atomic E-state index is 0.170. The topological polar surface area (TPSA) is 115 Å². The number of hydrogen-bond acceptors (Lipinski definition) is 4. The lowest BCUT2D eigenvalue weighted by molar-refractivity contribution is -0.117. The number of nitrogens with one attached hydrogen (secondary N) is 1. The van der Waals surface area contributed by atoms with Gasteiger partial charge in [0.15, 0.2) is 0 Å². The summed E-state index contributed by atoms with van der Waals surface area (Å²) in [6.07, 6.45) is -0.170. The van der Waals surface area contributed by atoms with Crippen molar-refractivity contribution in [2.75, 3.05) is 6.54 Å². The Balaban J connectivity index is 3.11. The molecule has 0 aliphatic heterocycles. The molecule has 104 valence electrons. The third kappa shape index (κ3) is 3.94. The van der Waals surface area contributed by atoms with E-state index >= 15 is 0 Å². The van der Waals surface area contributed by atoms with Crippen molar-refractivity contribution in [3.05, 3.63) is 29.6 Å². The number of carbonyl (C=O) groups excluding carboxylic acids is 1. The molecule has 0 bridgehead atoms. The zero-order valence-electron chi connectivity index (χ0n) is 9.72. The molecule has 0 aliphatic carbocycles. The largest absolute Gasteiger partial charge is 0.389 e. The van der Waals surface area contributed by atoms with E-state index in [1.54, 1.807) is 0 Å². The van der Waals surface area contributed by atoms with E-state index in [0.717, 1.165) is 6.07 Å². The monoisotopic (exact) mass is 305 g/mol. The van der Waals surface area contributed by atoms with Gasteiger partial charge in [0.05, 0.1) is 10.5 Å². The number of primary amides is 1. The fourth-order valence-electron chi connectivity index (χ4n) is 1.35. The van der Waals surface area contributed by atoms with Crippen molar-refractivity contribution in [1.29, 1.82) is 0 Å². The van der Waals surface area contributed by atoms with Crippen LogP contribution in [0, 0.1) is 5.82 Å². The van der Waals surface area contributed by atoms with Crippen LogP contribution in [-0.4, -0.2) is 25.9 Å². The summed E-state index contributed by atoms with van der Waals surface area (Å²) < 4.78 is 39.6. The molecular weight excluding hydrogens is 293 g/mol. The minimum atomic E-state index is -4.02. The molecule has 1 aromatic carbocycles. The first-order chi connectivity index (χ1) is 8.75. The van der Waals surface area contributed by atoms with Crippen LogP contribution in [0.25, 0.3) is 0 Å². The molecule has 6 nitrogen and oxygen atoms in total. The minimum Gasteiger partial charge on any atom is -0.389 e. The Kier molecular flexibility index (Phi) is 4.92. The number of benzene rings is 1. The predicted molar refractivity (Wildman–Crippen MR) is 71.3 cm³/mol. The molecule has 0 atom stereocenters. The maximum Gasteiger partial charge on any atom is 0.241 e. The summed E-state index contributed by atoms with van der Waals surface area (Å²) >= 11 is 4.63. The van der Waals surface area contributed by atoms with Crippen LogP contribution in [0.1, 0.15) is 12.0 Å². The number of nitrogens with two attached hydrogens (primary N) is 2. The van der Waals surface area contributed by atoms with Crippen LogP contribution in [0.3, 0.4) is 0 Å². The molecule has 1 amide bonds. The Hall–Kier alpha value is -1.58. The Morgan fingerprint density at radius 3 is 2.53 bits per heavy atom. The molecule has 0 radical (unpaired) electrons. The van der Waals surface area contributed by atoms with Crippen molar-refractivity contribution in [3.63, 3.8) is 0 Å². The smallest absolute Gasteiger partial charge is 0.241 e. The second-order valence-electron chi connectivity index (χ2n) is 3.59. The lowest BCUT2D eigenvalue weighted by Crippen LogP contribution is -2.30. The third-order valence-corrected chi connectivity index (χ3v) is 3.88. The van der Waals surface area contributed by atoms with Gasteiger partial charge in [-0.1, -0.05) is 18.3 Å². The Labute approximate surface area is 115 Å². The van der Waals surface area contributed by atoms with E-state index in [0.29, 0.717) is 0 Å². The van der Waals surface area contributed by atoms with Gasteiger partial charge in [0.25, 0.3) is 0 Å². The van der Waals surface area contributed by atoms with Gasteiger partial charge in [-0.3, -0.25) is 4.79 Å². The van der Waals surface area contributed by atoms with Gasteiger partial charge in [0, 0.05) is 13.0 Å². The predicted octanol–water partition coefficient (Wildman–Crippen LogP) is -0.386. The average molecular weight is 305 g/mol. The summed E-state index contributed by atoms with van der Waals surface area (Å²) in [4.78, 5) is 9.80. The fourth-order valence-corrected chi connectivity index (χ4v) is 2.89. The standard InChI is InChI=1S/C10H12FN3O3S2/c11-6-2-1-3-7(9(6)10(13)18)19(16,17)14-5-4-8(12)15/h1-3,14H,4-5H2,(H2,12,15)(H2,13,18). The van der Waals surface area contributed by atoms with Crippen LogP contribution >= 0.6 is 12.2 Å². The molecular formula is C10H12FN3O3S2. The number of halogens is 1. The molecule has 0 saturated heterocycles. The highest BCUT2D eigenvalue weighted by molar-refractivity contribution is 7.89. The van der Waals surface area contributed by atoms with Crippen LogP contribution in [0.5, 0.6) is 0 Å². The van der Waals surface area contributed by atoms with Gasteiger partial charge in [0.1, 0.15) is 10.8 Å². The zero-order chi connectivity index (χ0) is 14.6. The molecule has 0 spiro atoms. The Bertz CT molecular complexity index is 616. The van der Waals surface area contributed by atoms with Crippen LogP contribution in [0.4, 0.5) is 4.39 Å². The van der Waals surface area contributed by atoms with Crippen LogP contribution < -0.4 is 16.2 Å². The van der Waals surface area contributed by atoms with E-state index in [1.165, 1.54) is 12.1 Å². The third-order valence-electron chi connectivity index (χ3n) is 2.17. The summed E-state index contributed by atoms with van der Waals surface area (Å²) in [6.45, 7) is -0.190. The molecule has 1 aromatic rings. The molecule has 0 heterocycles. The van der Waals surface area contributed by atoms with E-state index in [9.17, 15) is 17.6 Å². The van der Waals surface area contributed by atoms with Crippen LogP contribution in [-0.2, 0) is 14.8 Å². The number of thiocarbonyl (C=S) groups is 1. The van der Waals surface area contributed by atoms with E-state index < -0.39 is 21.7 Å². The van der Waals surface area contributed by atoms with Gasteiger partial charge < -0.3 is 11.5 Å². The zero-order valence-corrected chi connectivity index (χ0v) is 11.4. The van der Waals surface area contributed by atoms with E-state index in [1.807, 2.05) is 0 Å². The number of sulfonamides is 1.